The third-order valence-corrected chi connectivity index (χ3v) is 4.05. The maximum atomic E-state index is 12.3. The Morgan fingerprint density at radius 2 is 1.90 bits per heavy atom. The molecule has 1 atom stereocenters. The van der Waals surface area contributed by atoms with Gasteiger partial charge in [0.05, 0.1) is 6.54 Å². The number of nitrogens with zero attached hydrogens (tertiary/aromatic N) is 1. The van der Waals surface area contributed by atoms with Crippen molar-refractivity contribution in [2.45, 2.75) is 18.8 Å². The van der Waals surface area contributed by atoms with Gasteiger partial charge in [-0.15, -0.1) is 24.0 Å². The monoisotopic (exact) mass is 537 g/mol. The summed E-state index contributed by atoms with van der Waals surface area (Å²) in [6, 6.07) is 13.9. The van der Waals surface area contributed by atoms with E-state index in [1.54, 1.807) is 25.2 Å². The Bertz CT molecular complexity index is 849. The van der Waals surface area contributed by atoms with Gasteiger partial charge in [-0.1, -0.05) is 24.3 Å². The predicted molar refractivity (Wildman–Crippen MR) is 118 cm³/mol. The number of fused-ring (bicyclic) bond motifs is 1. The van der Waals surface area contributed by atoms with Gasteiger partial charge in [-0.05, 0) is 29.8 Å². The van der Waals surface area contributed by atoms with Crippen molar-refractivity contribution in [3.63, 3.8) is 0 Å². The van der Waals surface area contributed by atoms with E-state index in [0.717, 1.165) is 11.3 Å². The average molecular weight is 537 g/mol. The fourth-order valence-electron chi connectivity index (χ4n) is 2.69. The van der Waals surface area contributed by atoms with E-state index in [2.05, 4.69) is 15.6 Å². The zero-order chi connectivity index (χ0) is 20.7. The van der Waals surface area contributed by atoms with Gasteiger partial charge in [0.1, 0.15) is 18.5 Å². The number of rotatable bonds is 6. The first-order chi connectivity index (χ1) is 13.9. The van der Waals surface area contributed by atoms with Crippen molar-refractivity contribution >= 4 is 29.9 Å². The van der Waals surface area contributed by atoms with Crippen molar-refractivity contribution < 1.29 is 27.4 Å². The summed E-state index contributed by atoms with van der Waals surface area (Å²) < 4.78 is 53.2. The van der Waals surface area contributed by atoms with Crippen LogP contribution in [0.5, 0.6) is 17.2 Å². The van der Waals surface area contributed by atoms with Crippen LogP contribution in [0.15, 0.2) is 53.5 Å². The molecule has 0 aromatic heterocycles. The number of para-hydroxylation sites is 2. The van der Waals surface area contributed by atoms with Crippen molar-refractivity contribution in [2.75, 3.05) is 26.8 Å². The fourth-order valence-corrected chi connectivity index (χ4v) is 2.69. The van der Waals surface area contributed by atoms with Gasteiger partial charge >= 0.3 is 6.18 Å². The Labute approximate surface area is 189 Å². The molecule has 10 heteroatoms. The first kappa shape index (κ1) is 23.9. The lowest BCUT2D eigenvalue weighted by atomic mass is 10.2. The average Bonchev–Trinajstić information content (AvgIpc) is 2.72. The molecule has 0 bridgehead atoms. The number of aliphatic imine (C=N–C) groups is 1. The first-order valence-electron chi connectivity index (χ1n) is 9.04. The third kappa shape index (κ3) is 7.47. The van der Waals surface area contributed by atoms with Gasteiger partial charge < -0.3 is 24.8 Å². The highest BCUT2D eigenvalue weighted by atomic mass is 127. The fraction of sp³-hybridized carbons (Fsp3) is 0.350. The van der Waals surface area contributed by atoms with E-state index in [-0.39, 0.29) is 35.8 Å². The molecule has 0 spiro atoms. The smallest absolute Gasteiger partial charge is 0.422 e. The molecule has 1 heterocycles. The second-order valence-electron chi connectivity index (χ2n) is 6.36. The van der Waals surface area contributed by atoms with Gasteiger partial charge in [-0.25, -0.2) is 0 Å². The number of nitrogens with one attached hydrogen (secondary N) is 2. The molecule has 1 aliphatic heterocycles. The molecule has 2 N–H and O–H groups in total. The number of benzene rings is 2. The summed E-state index contributed by atoms with van der Waals surface area (Å²) in [7, 11) is 1.63. The van der Waals surface area contributed by atoms with Crippen molar-refractivity contribution in [2.24, 2.45) is 4.99 Å². The molecule has 0 radical (unpaired) electrons. The van der Waals surface area contributed by atoms with Gasteiger partial charge in [-0.2, -0.15) is 13.2 Å². The van der Waals surface area contributed by atoms with Gasteiger partial charge in [0.15, 0.2) is 24.1 Å². The van der Waals surface area contributed by atoms with Crippen molar-refractivity contribution in [1.82, 2.24) is 10.6 Å². The second kappa shape index (κ2) is 11.1. The molecule has 164 valence electrons. The summed E-state index contributed by atoms with van der Waals surface area (Å²) in [4.78, 5) is 4.14. The van der Waals surface area contributed by atoms with Crippen LogP contribution in [0.4, 0.5) is 13.2 Å². The second-order valence-corrected chi connectivity index (χ2v) is 6.36. The highest BCUT2D eigenvalue weighted by Gasteiger charge is 2.28. The Morgan fingerprint density at radius 1 is 1.13 bits per heavy atom. The molecule has 0 aliphatic carbocycles. The molecule has 1 unspecified atom stereocenters. The van der Waals surface area contributed by atoms with E-state index in [1.165, 1.54) is 6.07 Å². The highest BCUT2D eigenvalue weighted by Crippen LogP contribution is 2.30. The maximum Gasteiger partial charge on any atom is 0.422 e. The van der Waals surface area contributed by atoms with Crippen LogP contribution in [0, 0.1) is 0 Å². The summed E-state index contributed by atoms with van der Waals surface area (Å²) in [6.07, 6.45) is -4.55. The molecule has 0 saturated heterocycles. The van der Waals surface area contributed by atoms with Gasteiger partial charge in [0.25, 0.3) is 0 Å². The molecular weight excluding hydrogens is 514 g/mol. The summed E-state index contributed by atoms with van der Waals surface area (Å²) in [5.41, 5.74) is 0.763. The lowest BCUT2D eigenvalue weighted by molar-refractivity contribution is -0.153. The van der Waals surface area contributed by atoms with Crippen molar-refractivity contribution in [3.8, 4) is 17.2 Å². The topological polar surface area (TPSA) is 64.1 Å². The summed E-state index contributed by atoms with van der Waals surface area (Å²) in [6.45, 7) is -0.0597. The van der Waals surface area contributed by atoms with Crippen LogP contribution in [-0.4, -0.2) is 45.0 Å². The molecule has 30 heavy (non-hydrogen) atoms. The zero-order valence-corrected chi connectivity index (χ0v) is 18.6. The van der Waals surface area contributed by atoms with E-state index in [9.17, 15) is 13.2 Å². The SMILES string of the molecule is CN=C(NCc1cccc(OCC(F)(F)F)c1)NCC1COc2ccccc2O1.I. The highest BCUT2D eigenvalue weighted by molar-refractivity contribution is 14.0. The predicted octanol–water partition coefficient (Wildman–Crippen LogP) is 3.75. The van der Waals surface area contributed by atoms with Gasteiger partial charge in [0, 0.05) is 13.6 Å². The summed E-state index contributed by atoms with van der Waals surface area (Å²) in [5.74, 6) is 2.12. The summed E-state index contributed by atoms with van der Waals surface area (Å²) >= 11 is 0. The van der Waals surface area contributed by atoms with Gasteiger partial charge in [0.2, 0.25) is 0 Å². The number of halogens is 4. The minimum absolute atomic E-state index is 0. The standard InChI is InChI=1S/C20H22F3N3O3.HI/c1-24-19(26-11-16-12-27-17-7-2-3-8-18(17)29-16)25-10-14-5-4-6-15(9-14)28-13-20(21,22)23;/h2-9,16H,10-13H2,1H3,(H2,24,25,26);1H. The van der Waals surface area contributed by atoms with Crippen LogP contribution >= 0.6 is 24.0 Å². The molecule has 0 fully saturated rings. The van der Waals surface area contributed by atoms with Crippen molar-refractivity contribution in [3.05, 3.63) is 54.1 Å². The molecule has 0 amide bonds. The van der Waals surface area contributed by atoms with E-state index >= 15 is 0 Å². The van der Waals surface area contributed by atoms with Crippen LogP contribution in [0.25, 0.3) is 0 Å². The number of ether oxygens (including phenoxy) is 3. The molecule has 1 aliphatic rings. The molecular formula is C20H23F3IN3O3. The summed E-state index contributed by atoms with van der Waals surface area (Å²) in [5, 5.41) is 6.26. The molecule has 2 aromatic rings. The normalized spacial score (nSPS) is 15.7. The van der Waals surface area contributed by atoms with Crippen LogP contribution in [-0.2, 0) is 6.54 Å². The van der Waals surface area contributed by atoms with Crippen LogP contribution in [0.2, 0.25) is 0 Å². The Morgan fingerprint density at radius 3 is 2.63 bits per heavy atom. The number of alkyl halides is 3. The number of guanidine groups is 1. The Kier molecular flexibility index (Phi) is 8.88. The minimum atomic E-state index is -4.37. The molecule has 0 saturated carbocycles. The maximum absolute atomic E-state index is 12.3. The Balaban J connectivity index is 0.00000320. The van der Waals surface area contributed by atoms with Crippen LogP contribution < -0.4 is 24.8 Å². The zero-order valence-electron chi connectivity index (χ0n) is 16.2. The Hall–Kier alpha value is -2.37. The quantitative estimate of drug-likeness (QED) is 0.334. The van der Waals surface area contributed by atoms with E-state index in [0.29, 0.717) is 31.4 Å². The van der Waals surface area contributed by atoms with Crippen LogP contribution in [0.3, 0.4) is 0 Å². The van der Waals surface area contributed by atoms with E-state index < -0.39 is 12.8 Å². The van der Waals surface area contributed by atoms with Crippen molar-refractivity contribution in [1.29, 1.82) is 0 Å². The molecule has 2 aromatic carbocycles. The third-order valence-electron chi connectivity index (χ3n) is 4.05. The van der Waals surface area contributed by atoms with E-state index in [1.807, 2.05) is 24.3 Å². The van der Waals surface area contributed by atoms with Gasteiger partial charge in [-0.3, -0.25) is 4.99 Å². The number of hydrogen-bond acceptors (Lipinski definition) is 4. The minimum Gasteiger partial charge on any atom is -0.486 e. The molecule has 3 rings (SSSR count). The largest absolute Gasteiger partial charge is 0.486 e. The first-order valence-corrected chi connectivity index (χ1v) is 9.04. The van der Waals surface area contributed by atoms with Crippen LogP contribution in [0.1, 0.15) is 5.56 Å². The number of hydrogen-bond donors (Lipinski definition) is 2. The lowest BCUT2D eigenvalue weighted by Crippen LogP contribution is -2.45. The van der Waals surface area contributed by atoms with E-state index in [4.69, 9.17) is 14.2 Å². The lowest BCUT2D eigenvalue weighted by Gasteiger charge is -2.27. The molecule has 6 nitrogen and oxygen atoms in total.